The van der Waals surface area contributed by atoms with Crippen molar-refractivity contribution in [3.05, 3.63) is 29.8 Å². The van der Waals surface area contributed by atoms with Gasteiger partial charge >= 0.3 is 0 Å². The molecule has 2 amide bonds. The maximum absolute atomic E-state index is 12.5. The molecule has 1 atom stereocenters. The number of rotatable bonds is 4. The van der Waals surface area contributed by atoms with Gasteiger partial charge in [-0.25, -0.2) is 0 Å². The molecular weight excluding hydrogens is 296 g/mol. The Morgan fingerprint density at radius 2 is 1.96 bits per heavy atom. The minimum absolute atomic E-state index is 0.0485. The van der Waals surface area contributed by atoms with E-state index >= 15 is 0 Å². The van der Waals surface area contributed by atoms with Crippen molar-refractivity contribution in [2.75, 3.05) is 40.0 Å². The van der Waals surface area contributed by atoms with Gasteiger partial charge in [-0.05, 0) is 17.7 Å². The fourth-order valence-electron chi connectivity index (χ4n) is 3.08. The van der Waals surface area contributed by atoms with Crippen molar-refractivity contribution in [1.29, 1.82) is 0 Å². The smallest absolute Gasteiger partial charge is 0.228 e. The van der Waals surface area contributed by atoms with Crippen molar-refractivity contribution in [3.63, 3.8) is 0 Å². The van der Waals surface area contributed by atoms with Crippen molar-refractivity contribution >= 4 is 11.8 Å². The zero-order valence-corrected chi connectivity index (χ0v) is 13.4. The first-order valence-corrected chi connectivity index (χ1v) is 7.94. The van der Waals surface area contributed by atoms with Crippen molar-refractivity contribution in [3.8, 4) is 5.75 Å². The van der Waals surface area contributed by atoms with E-state index in [0.29, 0.717) is 45.8 Å². The summed E-state index contributed by atoms with van der Waals surface area (Å²) in [5.41, 5.74) is 1.04. The van der Waals surface area contributed by atoms with E-state index in [9.17, 15) is 9.59 Å². The monoisotopic (exact) mass is 318 g/mol. The molecule has 3 rings (SSSR count). The number of hydrogen-bond donors (Lipinski definition) is 0. The van der Waals surface area contributed by atoms with Gasteiger partial charge < -0.3 is 19.3 Å². The number of nitrogens with zero attached hydrogens (tertiary/aromatic N) is 2. The molecule has 0 bridgehead atoms. The van der Waals surface area contributed by atoms with Gasteiger partial charge in [-0.1, -0.05) is 12.1 Å². The predicted molar refractivity (Wildman–Crippen MR) is 83.9 cm³/mol. The van der Waals surface area contributed by atoms with Crippen LogP contribution in [0.4, 0.5) is 0 Å². The molecule has 2 heterocycles. The van der Waals surface area contributed by atoms with Crippen LogP contribution in [0.1, 0.15) is 12.0 Å². The van der Waals surface area contributed by atoms with Crippen LogP contribution < -0.4 is 4.74 Å². The Bertz CT molecular complexity index is 566. The van der Waals surface area contributed by atoms with Crippen LogP contribution in [0, 0.1) is 5.92 Å². The zero-order chi connectivity index (χ0) is 16.2. The molecule has 2 saturated heterocycles. The predicted octanol–water partition coefficient (Wildman–Crippen LogP) is 0.902. The van der Waals surface area contributed by atoms with Gasteiger partial charge in [0, 0.05) is 32.6 Å². The van der Waals surface area contributed by atoms with E-state index in [-0.39, 0.29) is 17.7 Å². The molecular formula is C17H22N2O4. The maximum atomic E-state index is 12.5. The van der Waals surface area contributed by atoms with Crippen LogP contribution in [-0.4, -0.2) is 61.6 Å². The Balaban J connectivity index is 1.59. The molecule has 0 unspecified atom stereocenters. The third kappa shape index (κ3) is 3.64. The quantitative estimate of drug-likeness (QED) is 0.828. The average molecular weight is 318 g/mol. The van der Waals surface area contributed by atoms with Crippen LogP contribution in [0.15, 0.2) is 24.3 Å². The summed E-state index contributed by atoms with van der Waals surface area (Å²) in [5.74, 6) is 0.701. The summed E-state index contributed by atoms with van der Waals surface area (Å²) in [6, 6.07) is 7.66. The first-order chi connectivity index (χ1) is 11.2. The van der Waals surface area contributed by atoms with Crippen LogP contribution in [0.3, 0.4) is 0 Å². The van der Waals surface area contributed by atoms with Gasteiger partial charge in [0.25, 0.3) is 0 Å². The van der Waals surface area contributed by atoms with Gasteiger partial charge in [-0.15, -0.1) is 0 Å². The zero-order valence-electron chi connectivity index (χ0n) is 13.4. The van der Waals surface area contributed by atoms with E-state index in [0.717, 1.165) is 11.3 Å². The van der Waals surface area contributed by atoms with E-state index in [1.165, 1.54) is 0 Å². The van der Waals surface area contributed by atoms with E-state index in [4.69, 9.17) is 9.47 Å². The Morgan fingerprint density at radius 3 is 2.61 bits per heavy atom. The number of methoxy groups -OCH3 is 1. The number of carbonyl (C=O) groups is 2. The lowest BCUT2D eigenvalue weighted by atomic mass is 10.1. The van der Waals surface area contributed by atoms with Gasteiger partial charge in [-0.3, -0.25) is 9.59 Å². The second-order valence-electron chi connectivity index (χ2n) is 5.96. The molecule has 2 aliphatic rings. The van der Waals surface area contributed by atoms with Gasteiger partial charge in [-0.2, -0.15) is 0 Å². The van der Waals surface area contributed by atoms with Gasteiger partial charge in [0.05, 0.1) is 26.2 Å². The third-order valence-corrected chi connectivity index (χ3v) is 4.42. The van der Waals surface area contributed by atoms with Gasteiger partial charge in [0.1, 0.15) is 5.75 Å². The number of hydrogen-bond acceptors (Lipinski definition) is 4. The van der Waals surface area contributed by atoms with Gasteiger partial charge in [0.15, 0.2) is 0 Å². The largest absolute Gasteiger partial charge is 0.497 e. The minimum Gasteiger partial charge on any atom is -0.497 e. The van der Waals surface area contributed by atoms with Crippen LogP contribution in [0.2, 0.25) is 0 Å². The molecule has 23 heavy (non-hydrogen) atoms. The molecule has 0 aromatic heterocycles. The molecule has 1 aromatic carbocycles. The van der Waals surface area contributed by atoms with E-state index in [1.807, 2.05) is 29.2 Å². The van der Waals surface area contributed by atoms with E-state index in [1.54, 1.807) is 12.0 Å². The van der Waals surface area contributed by atoms with E-state index in [2.05, 4.69) is 0 Å². The Morgan fingerprint density at radius 1 is 1.26 bits per heavy atom. The van der Waals surface area contributed by atoms with Crippen LogP contribution in [0.5, 0.6) is 5.75 Å². The highest BCUT2D eigenvalue weighted by molar-refractivity contribution is 5.89. The molecule has 2 aliphatic heterocycles. The molecule has 0 aliphatic carbocycles. The first-order valence-electron chi connectivity index (χ1n) is 7.94. The lowest BCUT2D eigenvalue weighted by Gasteiger charge is -2.29. The number of carbonyl (C=O) groups excluding carboxylic acids is 2. The van der Waals surface area contributed by atoms with Gasteiger partial charge in [0.2, 0.25) is 11.8 Å². The average Bonchev–Trinajstić information content (AvgIpc) is 2.96. The molecule has 6 nitrogen and oxygen atoms in total. The highest BCUT2D eigenvalue weighted by Gasteiger charge is 2.36. The summed E-state index contributed by atoms with van der Waals surface area (Å²) < 4.78 is 10.4. The lowest BCUT2D eigenvalue weighted by molar-refractivity contribution is -0.139. The lowest BCUT2D eigenvalue weighted by Crippen LogP contribution is -2.44. The molecule has 1 aromatic rings. The fourth-order valence-corrected chi connectivity index (χ4v) is 3.08. The number of amides is 2. The van der Waals surface area contributed by atoms with Crippen LogP contribution >= 0.6 is 0 Å². The number of morpholine rings is 1. The Kier molecular flexibility index (Phi) is 4.81. The standard InChI is InChI=1S/C17H22N2O4/c1-22-15-4-2-13(3-5-15)11-19-12-14(10-16(19)20)17(21)18-6-8-23-9-7-18/h2-5,14H,6-12H2,1H3/t14-/m0/s1. The molecule has 0 N–H and O–H groups in total. The Labute approximate surface area is 136 Å². The first kappa shape index (κ1) is 15.8. The normalized spacial score (nSPS) is 21.6. The molecule has 0 saturated carbocycles. The summed E-state index contributed by atoms with van der Waals surface area (Å²) in [6.07, 6.45) is 0.312. The minimum atomic E-state index is -0.223. The van der Waals surface area contributed by atoms with Crippen molar-refractivity contribution in [1.82, 2.24) is 9.80 Å². The fraction of sp³-hybridized carbons (Fsp3) is 0.529. The van der Waals surface area contributed by atoms with Crippen molar-refractivity contribution < 1.29 is 19.1 Å². The second-order valence-corrected chi connectivity index (χ2v) is 5.96. The summed E-state index contributed by atoms with van der Waals surface area (Å²) >= 11 is 0. The summed E-state index contributed by atoms with van der Waals surface area (Å²) in [4.78, 5) is 28.3. The molecule has 0 radical (unpaired) electrons. The SMILES string of the molecule is COc1ccc(CN2C[C@@H](C(=O)N3CCOCC3)CC2=O)cc1. The third-order valence-electron chi connectivity index (χ3n) is 4.42. The molecule has 0 spiro atoms. The second kappa shape index (κ2) is 7.00. The van der Waals surface area contributed by atoms with Crippen LogP contribution in [-0.2, 0) is 20.9 Å². The van der Waals surface area contributed by atoms with Crippen LogP contribution in [0.25, 0.3) is 0 Å². The molecule has 124 valence electrons. The Hall–Kier alpha value is -2.08. The summed E-state index contributed by atoms with van der Waals surface area (Å²) in [7, 11) is 1.63. The summed E-state index contributed by atoms with van der Waals surface area (Å²) in [6.45, 7) is 3.46. The van der Waals surface area contributed by atoms with Crippen molar-refractivity contribution in [2.45, 2.75) is 13.0 Å². The highest BCUT2D eigenvalue weighted by atomic mass is 16.5. The number of likely N-dealkylation sites (tertiary alicyclic amines) is 1. The molecule has 6 heteroatoms. The summed E-state index contributed by atoms with van der Waals surface area (Å²) in [5, 5.41) is 0. The van der Waals surface area contributed by atoms with Crippen molar-refractivity contribution in [2.24, 2.45) is 5.92 Å². The topological polar surface area (TPSA) is 59.1 Å². The number of benzene rings is 1. The van der Waals surface area contributed by atoms with E-state index < -0.39 is 0 Å². The highest BCUT2D eigenvalue weighted by Crippen LogP contribution is 2.23. The molecule has 2 fully saturated rings. The number of ether oxygens (including phenoxy) is 2. The maximum Gasteiger partial charge on any atom is 0.228 e.